The van der Waals surface area contributed by atoms with Gasteiger partial charge >= 0.3 is 6.03 Å². The molecule has 0 spiro atoms. The van der Waals surface area contributed by atoms with Gasteiger partial charge in [0, 0.05) is 26.6 Å². The number of carbonyl (C=O) groups excluding carboxylic acids is 1. The van der Waals surface area contributed by atoms with Gasteiger partial charge in [0.2, 0.25) is 5.89 Å². The lowest BCUT2D eigenvalue weighted by Gasteiger charge is -2.30. The largest absolute Gasteiger partial charge is 0.372 e. The van der Waals surface area contributed by atoms with Gasteiger partial charge in [-0.1, -0.05) is 30.8 Å². The van der Waals surface area contributed by atoms with Crippen molar-refractivity contribution in [3.05, 3.63) is 23.5 Å². The summed E-state index contributed by atoms with van der Waals surface area (Å²) in [6.45, 7) is 2.53. The maximum absolute atomic E-state index is 12.9. The van der Waals surface area contributed by atoms with Crippen molar-refractivity contribution in [1.29, 1.82) is 0 Å². The van der Waals surface area contributed by atoms with Gasteiger partial charge in [0.15, 0.2) is 5.82 Å². The maximum Gasteiger partial charge on any atom is 0.321 e. The number of amides is 2. The molecule has 1 aliphatic carbocycles. The number of aromatic nitrogens is 4. The van der Waals surface area contributed by atoms with Crippen molar-refractivity contribution in [3.8, 4) is 0 Å². The van der Waals surface area contributed by atoms with Crippen LogP contribution in [0.15, 0.2) is 10.6 Å². The Hall–Kier alpha value is -2.42. The number of anilines is 1. The Morgan fingerprint density at radius 1 is 1.25 bits per heavy atom. The minimum Gasteiger partial charge on any atom is -0.372 e. The van der Waals surface area contributed by atoms with E-state index >= 15 is 0 Å². The number of hydrogen-bond acceptors (Lipinski definition) is 6. The number of urea groups is 1. The van der Waals surface area contributed by atoms with Crippen LogP contribution in [0, 0.1) is 6.92 Å². The zero-order valence-electron chi connectivity index (χ0n) is 16.5. The molecule has 9 heteroatoms. The van der Waals surface area contributed by atoms with Gasteiger partial charge in [-0.2, -0.15) is 10.1 Å². The molecule has 28 heavy (non-hydrogen) atoms. The van der Waals surface area contributed by atoms with Crippen molar-refractivity contribution in [1.82, 2.24) is 25.2 Å². The normalized spacial score (nSPS) is 22.0. The first-order valence-corrected chi connectivity index (χ1v) is 10.1. The monoisotopic (exact) mass is 388 g/mol. The summed E-state index contributed by atoms with van der Waals surface area (Å²) in [7, 11) is 1.82. The third kappa shape index (κ3) is 3.89. The Morgan fingerprint density at radius 3 is 2.68 bits per heavy atom. The molecule has 0 bridgehead atoms. The van der Waals surface area contributed by atoms with E-state index in [1.165, 1.54) is 0 Å². The molecule has 3 heterocycles. The van der Waals surface area contributed by atoms with Gasteiger partial charge in [0.05, 0.1) is 5.69 Å². The molecule has 4 rings (SSSR count). The molecule has 1 saturated carbocycles. The van der Waals surface area contributed by atoms with E-state index in [-0.39, 0.29) is 12.1 Å². The van der Waals surface area contributed by atoms with Crippen molar-refractivity contribution in [2.45, 2.75) is 69.9 Å². The van der Waals surface area contributed by atoms with E-state index in [9.17, 15) is 4.79 Å². The second kappa shape index (κ2) is 7.90. The van der Waals surface area contributed by atoms with E-state index in [0.717, 1.165) is 63.7 Å². The van der Waals surface area contributed by atoms with E-state index in [0.29, 0.717) is 17.5 Å². The van der Waals surface area contributed by atoms with E-state index < -0.39 is 5.54 Å². The fourth-order valence-electron chi connectivity index (χ4n) is 4.17. The number of aryl methyl sites for hydroxylation is 2. The van der Waals surface area contributed by atoms with Gasteiger partial charge in [0.1, 0.15) is 17.5 Å². The molecular formula is C19H28N6O3. The standard InChI is InChI=1S/C19H28N6O3/c1-13-20-17(24-28-13)19(9-5-3-4-6-10-19)22-18(26)21-16-12-14(23-25(16)2)15-8-7-11-27-15/h12,15H,3-11H2,1-2H3,(H2,21,22,26). The van der Waals surface area contributed by atoms with Crippen LogP contribution in [0.3, 0.4) is 0 Å². The Labute approximate surface area is 164 Å². The molecule has 152 valence electrons. The molecule has 9 nitrogen and oxygen atoms in total. The SMILES string of the molecule is Cc1nc(C2(NC(=O)Nc3cc(C4CCCO4)nn3C)CCCCCC2)no1. The number of rotatable bonds is 4. The van der Waals surface area contributed by atoms with Crippen LogP contribution in [-0.4, -0.2) is 32.6 Å². The fourth-order valence-corrected chi connectivity index (χ4v) is 4.17. The van der Waals surface area contributed by atoms with Crippen LogP contribution >= 0.6 is 0 Å². The van der Waals surface area contributed by atoms with E-state index in [1.807, 2.05) is 13.1 Å². The highest BCUT2D eigenvalue weighted by Gasteiger charge is 2.39. The van der Waals surface area contributed by atoms with Crippen LogP contribution in [0.5, 0.6) is 0 Å². The topological polar surface area (TPSA) is 107 Å². The highest BCUT2D eigenvalue weighted by atomic mass is 16.5. The lowest BCUT2D eigenvalue weighted by atomic mass is 9.89. The van der Waals surface area contributed by atoms with E-state index in [2.05, 4.69) is 25.9 Å². The molecule has 1 saturated heterocycles. The molecule has 1 atom stereocenters. The van der Waals surface area contributed by atoms with Crippen LogP contribution in [0.1, 0.15) is 74.9 Å². The molecular weight excluding hydrogens is 360 g/mol. The number of nitrogens with zero attached hydrogens (tertiary/aromatic N) is 4. The predicted molar refractivity (Wildman–Crippen MR) is 102 cm³/mol. The Morgan fingerprint density at radius 2 is 2.04 bits per heavy atom. The van der Waals surface area contributed by atoms with Gasteiger partial charge in [-0.25, -0.2) is 4.79 Å². The van der Waals surface area contributed by atoms with Crippen molar-refractivity contribution in [2.24, 2.45) is 7.05 Å². The van der Waals surface area contributed by atoms with E-state index in [4.69, 9.17) is 9.26 Å². The fraction of sp³-hybridized carbons (Fsp3) is 0.684. The Bertz CT molecular complexity index is 816. The summed E-state index contributed by atoms with van der Waals surface area (Å²) in [5, 5.41) is 14.7. The smallest absolute Gasteiger partial charge is 0.321 e. The molecule has 2 aromatic rings. The summed E-state index contributed by atoms with van der Waals surface area (Å²) in [5.74, 6) is 1.71. The maximum atomic E-state index is 12.9. The Balaban J connectivity index is 1.50. The third-order valence-electron chi connectivity index (χ3n) is 5.67. The first kappa shape index (κ1) is 18.9. The summed E-state index contributed by atoms with van der Waals surface area (Å²) in [5.41, 5.74) is 0.252. The summed E-state index contributed by atoms with van der Waals surface area (Å²) in [4.78, 5) is 17.3. The summed E-state index contributed by atoms with van der Waals surface area (Å²) < 4.78 is 12.6. The average molecular weight is 388 g/mol. The average Bonchev–Trinajstić information content (AvgIpc) is 3.37. The van der Waals surface area contributed by atoms with Crippen molar-refractivity contribution < 1.29 is 14.1 Å². The minimum absolute atomic E-state index is 0.0142. The summed E-state index contributed by atoms with van der Waals surface area (Å²) >= 11 is 0. The van der Waals surface area contributed by atoms with Gasteiger partial charge in [-0.15, -0.1) is 0 Å². The second-order valence-corrected chi connectivity index (χ2v) is 7.79. The second-order valence-electron chi connectivity index (χ2n) is 7.79. The first-order chi connectivity index (χ1) is 13.6. The lowest BCUT2D eigenvalue weighted by molar-refractivity contribution is 0.108. The highest BCUT2D eigenvalue weighted by molar-refractivity contribution is 5.89. The van der Waals surface area contributed by atoms with Crippen LogP contribution < -0.4 is 10.6 Å². The van der Waals surface area contributed by atoms with E-state index in [1.54, 1.807) is 11.6 Å². The van der Waals surface area contributed by atoms with Gasteiger partial charge in [0.25, 0.3) is 0 Å². The molecule has 2 aliphatic rings. The van der Waals surface area contributed by atoms with Crippen LogP contribution in [0.4, 0.5) is 10.6 Å². The molecule has 0 radical (unpaired) electrons. The van der Waals surface area contributed by atoms with Gasteiger partial charge in [-0.05, 0) is 25.7 Å². The third-order valence-corrected chi connectivity index (χ3v) is 5.67. The first-order valence-electron chi connectivity index (χ1n) is 10.1. The molecule has 2 fully saturated rings. The number of ether oxygens (including phenoxy) is 1. The number of hydrogen-bond donors (Lipinski definition) is 2. The molecule has 2 aromatic heterocycles. The lowest BCUT2D eigenvalue weighted by Crippen LogP contribution is -2.48. The summed E-state index contributed by atoms with van der Waals surface area (Å²) in [6.07, 6.45) is 7.94. The number of nitrogens with one attached hydrogen (secondary N) is 2. The molecule has 1 aliphatic heterocycles. The summed E-state index contributed by atoms with van der Waals surface area (Å²) in [6, 6.07) is 1.60. The van der Waals surface area contributed by atoms with Gasteiger partial charge < -0.3 is 14.6 Å². The van der Waals surface area contributed by atoms with Crippen LogP contribution in [0.25, 0.3) is 0 Å². The molecule has 2 amide bonds. The zero-order chi connectivity index (χ0) is 19.6. The predicted octanol–water partition coefficient (Wildman–Crippen LogP) is 3.33. The number of carbonyl (C=O) groups is 1. The van der Waals surface area contributed by atoms with Crippen molar-refractivity contribution >= 4 is 11.8 Å². The highest BCUT2D eigenvalue weighted by Crippen LogP contribution is 2.35. The van der Waals surface area contributed by atoms with Gasteiger partial charge in [-0.3, -0.25) is 10.00 Å². The zero-order valence-corrected chi connectivity index (χ0v) is 16.5. The molecule has 1 unspecified atom stereocenters. The minimum atomic E-state index is -0.603. The molecule has 2 N–H and O–H groups in total. The van der Waals surface area contributed by atoms with Crippen molar-refractivity contribution in [2.75, 3.05) is 11.9 Å². The molecule has 0 aromatic carbocycles. The van der Waals surface area contributed by atoms with Crippen LogP contribution in [0.2, 0.25) is 0 Å². The Kier molecular flexibility index (Phi) is 5.34. The quantitative estimate of drug-likeness (QED) is 0.778. The van der Waals surface area contributed by atoms with Crippen molar-refractivity contribution in [3.63, 3.8) is 0 Å². The van der Waals surface area contributed by atoms with Crippen LogP contribution in [-0.2, 0) is 17.3 Å².